The Morgan fingerprint density at radius 2 is 1.66 bits per heavy atom. The van der Waals surface area contributed by atoms with Crippen LogP contribution in [0, 0.1) is 6.92 Å². The van der Waals surface area contributed by atoms with Crippen LogP contribution < -0.4 is 20.3 Å². The van der Waals surface area contributed by atoms with Crippen LogP contribution in [0.5, 0.6) is 5.75 Å². The molecule has 9 heteroatoms. The molecule has 41 heavy (non-hydrogen) atoms. The molecule has 2 aliphatic heterocycles. The smallest absolute Gasteiger partial charge is 0.410 e. The van der Waals surface area contributed by atoms with E-state index in [1.165, 1.54) is 12.8 Å². The highest BCUT2D eigenvalue weighted by atomic mass is 16.6. The van der Waals surface area contributed by atoms with Crippen molar-refractivity contribution in [1.29, 1.82) is 0 Å². The van der Waals surface area contributed by atoms with E-state index in [2.05, 4.69) is 43.4 Å². The Hall–Kier alpha value is -3.95. The summed E-state index contributed by atoms with van der Waals surface area (Å²) in [5, 5.41) is 5.79. The lowest BCUT2D eigenvalue weighted by Crippen LogP contribution is -2.43. The molecule has 0 unspecified atom stereocenters. The first-order valence-electron chi connectivity index (χ1n) is 14.5. The summed E-state index contributed by atoms with van der Waals surface area (Å²) in [5.74, 6) is 1.07. The molecule has 1 aromatic heterocycles. The number of benzene rings is 2. The lowest BCUT2D eigenvalue weighted by molar-refractivity contribution is 0.102. The molecule has 0 radical (unpaired) electrons. The molecular weight excluding hydrogens is 516 g/mol. The third-order valence-electron chi connectivity index (χ3n) is 7.78. The van der Waals surface area contributed by atoms with Gasteiger partial charge in [0.2, 0.25) is 0 Å². The molecular formula is C32H40N6O3. The molecule has 0 spiro atoms. The van der Waals surface area contributed by atoms with E-state index in [0.717, 1.165) is 75.6 Å². The van der Waals surface area contributed by atoms with Crippen molar-refractivity contribution in [3.63, 3.8) is 0 Å². The molecule has 0 bridgehead atoms. The lowest BCUT2D eigenvalue weighted by Gasteiger charge is -2.32. The van der Waals surface area contributed by atoms with E-state index in [4.69, 9.17) is 4.74 Å². The van der Waals surface area contributed by atoms with Crippen LogP contribution in [0.2, 0.25) is 0 Å². The predicted octanol–water partition coefficient (Wildman–Crippen LogP) is 5.38. The van der Waals surface area contributed by atoms with Gasteiger partial charge in [0, 0.05) is 75.0 Å². The van der Waals surface area contributed by atoms with Crippen LogP contribution in [0.25, 0.3) is 0 Å². The summed E-state index contributed by atoms with van der Waals surface area (Å²) in [7, 11) is 2.14. The molecule has 2 aromatic carbocycles. The van der Waals surface area contributed by atoms with Gasteiger partial charge >= 0.3 is 6.09 Å². The van der Waals surface area contributed by atoms with E-state index in [9.17, 15) is 9.59 Å². The summed E-state index contributed by atoms with van der Waals surface area (Å²) in [6.07, 6.45) is 5.82. The highest BCUT2D eigenvalue weighted by Crippen LogP contribution is 2.24. The Balaban J connectivity index is 1.19. The lowest BCUT2D eigenvalue weighted by atomic mass is 10.1. The van der Waals surface area contributed by atoms with Crippen LogP contribution in [-0.2, 0) is 6.54 Å². The van der Waals surface area contributed by atoms with Crippen molar-refractivity contribution in [3.05, 3.63) is 77.5 Å². The Labute approximate surface area is 242 Å². The normalized spacial score (nSPS) is 16.6. The first-order chi connectivity index (χ1) is 19.9. The fourth-order valence-corrected chi connectivity index (χ4v) is 5.29. The average molecular weight is 557 g/mol. The van der Waals surface area contributed by atoms with Crippen molar-refractivity contribution in [2.45, 2.75) is 39.2 Å². The van der Waals surface area contributed by atoms with E-state index < -0.39 is 6.09 Å². The van der Waals surface area contributed by atoms with Crippen molar-refractivity contribution in [2.24, 2.45) is 0 Å². The number of pyridine rings is 1. The number of hydrogen-bond donors (Lipinski definition) is 2. The van der Waals surface area contributed by atoms with Gasteiger partial charge in [-0.15, -0.1) is 0 Å². The Morgan fingerprint density at radius 3 is 2.44 bits per heavy atom. The quantitative estimate of drug-likeness (QED) is 0.404. The third-order valence-corrected chi connectivity index (χ3v) is 7.78. The first kappa shape index (κ1) is 28.6. The molecule has 2 saturated heterocycles. The zero-order chi connectivity index (χ0) is 28.6. The molecule has 216 valence electrons. The second-order valence-electron chi connectivity index (χ2n) is 11.0. The van der Waals surface area contributed by atoms with Gasteiger partial charge in [0.05, 0.1) is 0 Å². The van der Waals surface area contributed by atoms with Crippen molar-refractivity contribution >= 4 is 29.2 Å². The molecule has 5 rings (SSSR count). The maximum absolute atomic E-state index is 13.2. The number of carbonyl (C=O) groups is 2. The molecule has 3 heterocycles. The van der Waals surface area contributed by atoms with Gasteiger partial charge in [-0.2, -0.15) is 0 Å². The first-order valence-corrected chi connectivity index (χ1v) is 14.5. The number of amides is 2. The molecule has 2 aliphatic rings. The summed E-state index contributed by atoms with van der Waals surface area (Å²) in [6.45, 7) is 8.82. The van der Waals surface area contributed by atoms with Crippen LogP contribution in [0.4, 0.5) is 22.0 Å². The number of carbonyl (C=O) groups excluding carboxylic acids is 2. The van der Waals surface area contributed by atoms with Gasteiger partial charge in [-0.3, -0.25) is 15.0 Å². The van der Waals surface area contributed by atoms with E-state index in [1.54, 1.807) is 24.4 Å². The number of aromatic nitrogens is 1. The SMILES string of the molecule is Cc1ccc(NC(=O)Oc2ccnc(N3CCCCCC3)c2)cc1NC(=O)c1cccc(CN2CCN(C)CC2)c1. The van der Waals surface area contributed by atoms with E-state index in [0.29, 0.717) is 22.7 Å². The molecule has 2 amide bonds. The van der Waals surface area contributed by atoms with E-state index in [-0.39, 0.29) is 5.91 Å². The average Bonchev–Trinajstić information content (AvgIpc) is 3.26. The number of aryl methyl sites for hydroxylation is 1. The molecule has 0 saturated carbocycles. The van der Waals surface area contributed by atoms with Crippen LogP contribution in [0.1, 0.15) is 47.2 Å². The molecule has 3 aromatic rings. The standard InChI is InChI=1S/C32H40N6O3/c1-24-10-11-27(34-32(40)41-28-12-13-33-30(22-28)38-14-5-3-4-6-15-38)21-29(24)35-31(39)26-9-7-8-25(20-26)23-37-18-16-36(2)17-19-37/h7-13,20-22H,3-6,14-19,23H2,1-2H3,(H,34,40)(H,35,39). The van der Waals surface area contributed by atoms with Gasteiger partial charge in [-0.25, -0.2) is 9.78 Å². The second-order valence-corrected chi connectivity index (χ2v) is 11.0. The number of hydrogen-bond acceptors (Lipinski definition) is 7. The summed E-state index contributed by atoms with van der Waals surface area (Å²) in [4.78, 5) is 37.3. The monoisotopic (exact) mass is 556 g/mol. The number of ether oxygens (including phenoxy) is 1. The van der Waals surface area contributed by atoms with Gasteiger partial charge in [-0.05, 0) is 68.3 Å². The number of rotatable bonds is 7. The highest BCUT2D eigenvalue weighted by Gasteiger charge is 2.16. The fourth-order valence-electron chi connectivity index (χ4n) is 5.29. The van der Waals surface area contributed by atoms with Gasteiger partial charge < -0.3 is 19.9 Å². The summed E-state index contributed by atoms with van der Waals surface area (Å²) < 4.78 is 5.57. The maximum atomic E-state index is 13.2. The summed E-state index contributed by atoms with van der Waals surface area (Å²) in [6, 6.07) is 16.7. The van der Waals surface area contributed by atoms with E-state index >= 15 is 0 Å². The van der Waals surface area contributed by atoms with Crippen LogP contribution in [-0.4, -0.2) is 73.1 Å². The van der Waals surface area contributed by atoms with Crippen molar-refractivity contribution in [1.82, 2.24) is 14.8 Å². The van der Waals surface area contributed by atoms with Gasteiger partial charge in [0.15, 0.2) is 0 Å². The molecule has 0 aliphatic carbocycles. The molecule has 2 N–H and O–H groups in total. The number of piperazine rings is 1. The third kappa shape index (κ3) is 8.05. The van der Waals surface area contributed by atoms with Crippen LogP contribution in [0.15, 0.2) is 60.8 Å². The number of anilines is 3. The second kappa shape index (κ2) is 13.6. The number of nitrogens with zero attached hydrogens (tertiary/aromatic N) is 4. The number of likely N-dealkylation sites (N-methyl/N-ethyl adjacent to an activating group) is 1. The summed E-state index contributed by atoms with van der Waals surface area (Å²) in [5.41, 5.74) is 3.77. The predicted molar refractivity (Wildman–Crippen MR) is 163 cm³/mol. The largest absolute Gasteiger partial charge is 0.417 e. The molecule has 2 fully saturated rings. The van der Waals surface area contributed by atoms with Crippen molar-refractivity contribution in [2.75, 3.05) is 61.8 Å². The zero-order valence-corrected chi connectivity index (χ0v) is 24.1. The van der Waals surface area contributed by atoms with Gasteiger partial charge in [0.25, 0.3) is 5.91 Å². The molecule has 9 nitrogen and oxygen atoms in total. The van der Waals surface area contributed by atoms with Gasteiger partial charge in [-0.1, -0.05) is 31.0 Å². The Kier molecular flexibility index (Phi) is 9.48. The summed E-state index contributed by atoms with van der Waals surface area (Å²) >= 11 is 0. The fraction of sp³-hybridized carbons (Fsp3) is 0.406. The maximum Gasteiger partial charge on any atom is 0.417 e. The topological polar surface area (TPSA) is 90.0 Å². The number of nitrogens with one attached hydrogen (secondary N) is 2. The van der Waals surface area contributed by atoms with Gasteiger partial charge in [0.1, 0.15) is 11.6 Å². The minimum Gasteiger partial charge on any atom is -0.410 e. The molecule has 0 atom stereocenters. The van der Waals surface area contributed by atoms with Crippen molar-refractivity contribution < 1.29 is 14.3 Å². The van der Waals surface area contributed by atoms with Crippen molar-refractivity contribution in [3.8, 4) is 5.75 Å². The van der Waals surface area contributed by atoms with Crippen LogP contribution >= 0.6 is 0 Å². The minimum atomic E-state index is -0.601. The Bertz CT molecular complexity index is 1350. The Morgan fingerprint density at radius 1 is 0.878 bits per heavy atom. The van der Waals surface area contributed by atoms with Crippen LogP contribution in [0.3, 0.4) is 0 Å². The zero-order valence-electron chi connectivity index (χ0n) is 24.1. The minimum absolute atomic E-state index is 0.189. The van der Waals surface area contributed by atoms with E-state index in [1.807, 2.05) is 37.3 Å². The highest BCUT2D eigenvalue weighted by molar-refractivity contribution is 6.05.